The molecule has 6 heteroatoms. The zero-order valence-corrected chi connectivity index (χ0v) is 16.3. The maximum atomic E-state index is 12.4. The Hall–Kier alpha value is -2.89. The van der Waals surface area contributed by atoms with Gasteiger partial charge in [-0.25, -0.2) is 0 Å². The van der Waals surface area contributed by atoms with Gasteiger partial charge < -0.3 is 24.3 Å². The molecular formula is C21H27NO5. The van der Waals surface area contributed by atoms with Crippen LogP contribution in [0.25, 0.3) is 0 Å². The van der Waals surface area contributed by atoms with E-state index in [2.05, 4.69) is 5.32 Å². The fourth-order valence-corrected chi connectivity index (χ4v) is 2.62. The first kappa shape index (κ1) is 20.4. The second kappa shape index (κ2) is 10.3. The number of methoxy groups -OCH3 is 3. The molecule has 0 saturated carbocycles. The quantitative estimate of drug-likeness (QED) is 0.693. The first-order valence-electron chi connectivity index (χ1n) is 8.90. The number of amides is 1. The van der Waals surface area contributed by atoms with Crippen LogP contribution in [0.15, 0.2) is 42.5 Å². The van der Waals surface area contributed by atoms with E-state index in [1.54, 1.807) is 45.6 Å². The molecule has 0 spiro atoms. The topological polar surface area (TPSA) is 66.0 Å². The number of rotatable bonds is 10. The Morgan fingerprint density at radius 1 is 0.926 bits per heavy atom. The third kappa shape index (κ3) is 5.81. The van der Waals surface area contributed by atoms with Gasteiger partial charge in [0.15, 0.2) is 17.6 Å². The standard InChI is InChI=1S/C21H27NO5/c1-5-18(27-17-9-7-16(24-2)8-10-17)21(23)22-13-12-15-6-11-19(25-3)20(14-15)26-4/h6-11,14,18H,5,12-13H2,1-4H3,(H,22,23)/t18-/m0/s1. The summed E-state index contributed by atoms with van der Waals surface area (Å²) in [6.07, 6.45) is 0.725. The summed E-state index contributed by atoms with van der Waals surface area (Å²) in [6.45, 7) is 2.43. The van der Waals surface area contributed by atoms with Crippen molar-refractivity contribution in [2.75, 3.05) is 27.9 Å². The van der Waals surface area contributed by atoms with E-state index in [9.17, 15) is 4.79 Å². The smallest absolute Gasteiger partial charge is 0.261 e. The summed E-state index contributed by atoms with van der Waals surface area (Å²) in [7, 11) is 4.81. The van der Waals surface area contributed by atoms with Gasteiger partial charge in [0.05, 0.1) is 21.3 Å². The van der Waals surface area contributed by atoms with Crippen LogP contribution in [0.5, 0.6) is 23.0 Å². The molecule has 0 radical (unpaired) electrons. The largest absolute Gasteiger partial charge is 0.497 e. The molecule has 0 unspecified atom stereocenters. The Bertz CT molecular complexity index is 730. The van der Waals surface area contributed by atoms with E-state index in [1.165, 1.54) is 0 Å². The average Bonchev–Trinajstić information content (AvgIpc) is 2.72. The maximum Gasteiger partial charge on any atom is 0.261 e. The fraction of sp³-hybridized carbons (Fsp3) is 0.381. The van der Waals surface area contributed by atoms with Crippen LogP contribution in [0.1, 0.15) is 18.9 Å². The van der Waals surface area contributed by atoms with Crippen molar-refractivity contribution in [2.24, 2.45) is 0 Å². The molecule has 27 heavy (non-hydrogen) atoms. The lowest BCUT2D eigenvalue weighted by molar-refractivity contribution is -0.128. The minimum Gasteiger partial charge on any atom is -0.497 e. The molecule has 6 nitrogen and oxygen atoms in total. The summed E-state index contributed by atoms with van der Waals surface area (Å²) < 4.78 is 21.4. The summed E-state index contributed by atoms with van der Waals surface area (Å²) in [5.74, 6) is 2.61. The van der Waals surface area contributed by atoms with Gasteiger partial charge in [-0.1, -0.05) is 13.0 Å². The van der Waals surface area contributed by atoms with Crippen LogP contribution in [-0.4, -0.2) is 39.9 Å². The molecule has 0 bridgehead atoms. The predicted octanol–water partition coefficient (Wildman–Crippen LogP) is 3.23. The summed E-state index contributed by atoms with van der Waals surface area (Å²) in [6, 6.07) is 12.9. The van der Waals surface area contributed by atoms with Crippen molar-refractivity contribution in [3.8, 4) is 23.0 Å². The van der Waals surface area contributed by atoms with Crippen molar-refractivity contribution < 1.29 is 23.7 Å². The van der Waals surface area contributed by atoms with Gasteiger partial charge in [0.2, 0.25) is 0 Å². The van der Waals surface area contributed by atoms with Gasteiger partial charge in [0.1, 0.15) is 11.5 Å². The second-order valence-electron chi connectivity index (χ2n) is 5.92. The van der Waals surface area contributed by atoms with Crippen LogP contribution in [0.4, 0.5) is 0 Å². The lowest BCUT2D eigenvalue weighted by atomic mass is 10.1. The molecule has 146 valence electrons. The zero-order chi connectivity index (χ0) is 19.6. The van der Waals surface area contributed by atoms with Crippen molar-refractivity contribution in [3.05, 3.63) is 48.0 Å². The van der Waals surface area contributed by atoms with Crippen molar-refractivity contribution in [2.45, 2.75) is 25.9 Å². The summed E-state index contributed by atoms with van der Waals surface area (Å²) in [5, 5.41) is 2.93. The first-order chi connectivity index (χ1) is 13.1. The highest BCUT2D eigenvalue weighted by Gasteiger charge is 2.18. The van der Waals surface area contributed by atoms with E-state index >= 15 is 0 Å². The highest BCUT2D eigenvalue weighted by atomic mass is 16.5. The SMILES string of the molecule is CC[C@H](Oc1ccc(OC)cc1)C(=O)NCCc1ccc(OC)c(OC)c1. The molecular weight excluding hydrogens is 346 g/mol. The monoisotopic (exact) mass is 373 g/mol. The Labute approximate surface area is 160 Å². The maximum absolute atomic E-state index is 12.4. The molecule has 2 aromatic carbocycles. The number of nitrogens with one attached hydrogen (secondary N) is 1. The fourth-order valence-electron chi connectivity index (χ4n) is 2.62. The van der Waals surface area contributed by atoms with E-state index in [0.717, 1.165) is 11.3 Å². The number of carbonyl (C=O) groups excluding carboxylic acids is 1. The molecule has 0 aliphatic rings. The highest BCUT2D eigenvalue weighted by molar-refractivity contribution is 5.81. The van der Waals surface area contributed by atoms with Gasteiger partial charge in [-0.15, -0.1) is 0 Å². The predicted molar refractivity (Wildman–Crippen MR) is 104 cm³/mol. The van der Waals surface area contributed by atoms with E-state index < -0.39 is 6.10 Å². The van der Waals surface area contributed by atoms with Crippen LogP contribution >= 0.6 is 0 Å². The molecule has 0 fully saturated rings. The van der Waals surface area contributed by atoms with E-state index in [1.807, 2.05) is 25.1 Å². The van der Waals surface area contributed by atoms with Gasteiger partial charge in [0, 0.05) is 6.54 Å². The van der Waals surface area contributed by atoms with E-state index in [4.69, 9.17) is 18.9 Å². The van der Waals surface area contributed by atoms with E-state index in [0.29, 0.717) is 36.6 Å². The number of ether oxygens (including phenoxy) is 4. The lowest BCUT2D eigenvalue weighted by Gasteiger charge is -2.17. The van der Waals surface area contributed by atoms with Crippen LogP contribution < -0.4 is 24.3 Å². The van der Waals surface area contributed by atoms with Crippen molar-refractivity contribution in [1.82, 2.24) is 5.32 Å². The summed E-state index contributed by atoms with van der Waals surface area (Å²) >= 11 is 0. The Balaban J connectivity index is 1.87. The Morgan fingerprint density at radius 2 is 1.59 bits per heavy atom. The highest BCUT2D eigenvalue weighted by Crippen LogP contribution is 2.27. The van der Waals surface area contributed by atoms with Gasteiger partial charge in [-0.3, -0.25) is 4.79 Å². The van der Waals surface area contributed by atoms with E-state index in [-0.39, 0.29) is 5.91 Å². The van der Waals surface area contributed by atoms with Crippen molar-refractivity contribution in [3.63, 3.8) is 0 Å². The molecule has 1 amide bonds. The number of carbonyl (C=O) groups is 1. The molecule has 2 aromatic rings. The van der Waals surface area contributed by atoms with Crippen molar-refractivity contribution in [1.29, 1.82) is 0 Å². The van der Waals surface area contributed by atoms with Crippen LogP contribution in [0, 0.1) is 0 Å². The van der Waals surface area contributed by atoms with Crippen LogP contribution in [0.3, 0.4) is 0 Å². The molecule has 0 heterocycles. The molecule has 1 N–H and O–H groups in total. The number of hydrogen-bond donors (Lipinski definition) is 1. The van der Waals surface area contributed by atoms with Crippen LogP contribution in [0.2, 0.25) is 0 Å². The average molecular weight is 373 g/mol. The molecule has 1 atom stereocenters. The second-order valence-corrected chi connectivity index (χ2v) is 5.92. The molecule has 2 rings (SSSR count). The Kier molecular flexibility index (Phi) is 7.79. The normalized spacial score (nSPS) is 11.4. The molecule has 0 saturated heterocycles. The third-order valence-corrected chi connectivity index (χ3v) is 4.16. The minimum absolute atomic E-state index is 0.131. The molecule has 0 aromatic heterocycles. The van der Waals surface area contributed by atoms with Gasteiger partial charge >= 0.3 is 0 Å². The Morgan fingerprint density at radius 3 is 2.19 bits per heavy atom. The minimum atomic E-state index is -0.538. The van der Waals surface area contributed by atoms with Gasteiger partial charge in [-0.05, 0) is 54.8 Å². The lowest BCUT2D eigenvalue weighted by Crippen LogP contribution is -2.38. The number of hydrogen-bond acceptors (Lipinski definition) is 5. The summed E-state index contributed by atoms with van der Waals surface area (Å²) in [5.41, 5.74) is 1.05. The van der Waals surface area contributed by atoms with Crippen LogP contribution in [-0.2, 0) is 11.2 Å². The number of benzene rings is 2. The molecule has 0 aliphatic carbocycles. The third-order valence-electron chi connectivity index (χ3n) is 4.16. The summed E-state index contributed by atoms with van der Waals surface area (Å²) in [4.78, 5) is 12.4. The van der Waals surface area contributed by atoms with Gasteiger partial charge in [0.25, 0.3) is 5.91 Å². The first-order valence-corrected chi connectivity index (χ1v) is 8.90. The van der Waals surface area contributed by atoms with Crippen molar-refractivity contribution >= 4 is 5.91 Å². The zero-order valence-electron chi connectivity index (χ0n) is 16.3. The van der Waals surface area contributed by atoms with Gasteiger partial charge in [-0.2, -0.15) is 0 Å². The molecule has 0 aliphatic heterocycles.